The largest absolute Gasteiger partial charge is 0.507 e. The molecule has 8 aliphatic rings. The number of phenols is 4. The summed E-state index contributed by atoms with van der Waals surface area (Å²) in [6.45, 7) is 6.55. The molecule has 12 atom stereocenters. The van der Waals surface area contributed by atoms with Gasteiger partial charge in [-0.05, 0) is 39.8 Å². The Balaban J connectivity index is 0.802. The van der Waals surface area contributed by atoms with Gasteiger partial charge in [-0.15, -0.1) is 0 Å². The van der Waals surface area contributed by atoms with Crippen molar-refractivity contribution in [1.29, 1.82) is 0 Å². The van der Waals surface area contributed by atoms with E-state index in [9.17, 15) is 59.4 Å². The van der Waals surface area contributed by atoms with E-state index in [1.807, 2.05) is 0 Å². The number of aromatic hydroxyl groups is 4. The molecule has 0 amide bonds. The summed E-state index contributed by atoms with van der Waals surface area (Å²) in [6, 6.07) is 8.09. The lowest BCUT2D eigenvalue weighted by molar-refractivity contribution is -0.248. The van der Waals surface area contributed by atoms with Crippen molar-refractivity contribution in [2.24, 2.45) is 0 Å². The third-order valence-corrected chi connectivity index (χ3v) is 17.5. The van der Waals surface area contributed by atoms with Crippen LogP contribution in [0, 0.1) is 0 Å². The van der Waals surface area contributed by atoms with Gasteiger partial charge in [-0.2, -0.15) is 0 Å². The van der Waals surface area contributed by atoms with Crippen molar-refractivity contribution in [2.45, 2.75) is 139 Å². The second-order valence-corrected chi connectivity index (χ2v) is 21.9. The van der Waals surface area contributed by atoms with Gasteiger partial charge in [-0.1, -0.05) is 24.3 Å². The third-order valence-electron chi connectivity index (χ3n) is 17.5. The summed E-state index contributed by atoms with van der Waals surface area (Å²) < 4.78 is 49.5. The fourth-order valence-electron chi connectivity index (χ4n) is 13.5. The predicted octanol–water partition coefficient (Wildman–Crippen LogP) is 3.71. The number of carbonyl (C=O) groups excluding carboxylic acids is 6. The summed E-state index contributed by atoms with van der Waals surface area (Å²) in [4.78, 5) is 86.9. The first kappa shape index (κ1) is 53.0. The minimum Gasteiger partial charge on any atom is -0.507 e. The molecule has 4 aliphatic carbocycles. The van der Waals surface area contributed by atoms with Gasteiger partial charge in [0.2, 0.25) is 11.6 Å². The van der Waals surface area contributed by atoms with Crippen molar-refractivity contribution in [3.63, 3.8) is 0 Å². The Labute approximate surface area is 451 Å². The summed E-state index contributed by atoms with van der Waals surface area (Å²) >= 11 is 0. The number of nitrogens with zero attached hydrogens (tertiary/aromatic N) is 2. The van der Waals surface area contributed by atoms with Crippen molar-refractivity contribution in [3.05, 3.63) is 103 Å². The molecule has 4 fully saturated rings. The first-order valence-corrected chi connectivity index (χ1v) is 26.1. The van der Waals surface area contributed by atoms with Crippen molar-refractivity contribution >= 4 is 34.7 Å². The number of hydrogen-bond acceptors (Lipinski definition) is 22. The molecule has 4 aromatic rings. The van der Waals surface area contributed by atoms with Crippen LogP contribution in [-0.2, 0) is 50.9 Å². The van der Waals surface area contributed by atoms with Gasteiger partial charge in [0.15, 0.2) is 35.7 Å². The quantitative estimate of drug-likeness (QED) is 0.107. The molecule has 4 heterocycles. The Bertz CT molecular complexity index is 3140. The van der Waals surface area contributed by atoms with Crippen LogP contribution in [0.5, 0.6) is 34.5 Å². The van der Waals surface area contributed by atoms with Gasteiger partial charge in [-0.25, -0.2) is 0 Å². The molecular formula is C57H58N2O20. The van der Waals surface area contributed by atoms with Crippen LogP contribution >= 0.6 is 0 Å². The van der Waals surface area contributed by atoms with Gasteiger partial charge in [0, 0.05) is 84.0 Å². The zero-order chi connectivity index (χ0) is 56.0. The van der Waals surface area contributed by atoms with E-state index in [1.54, 1.807) is 13.8 Å². The summed E-state index contributed by atoms with van der Waals surface area (Å²) in [5.41, 5.74) is -6.80. The number of methoxy groups -OCH3 is 2. The second-order valence-electron chi connectivity index (χ2n) is 21.9. The number of hydrogen-bond donors (Lipinski definition) is 6. The summed E-state index contributed by atoms with van der Waals surface area (Å²) in [7, 11) is 2.66. The first-order valence-electron chi connectivity index (χ1n) is 26.1. The molecule has 22 nitrogen and oxygen atoms in total. The van der Waals surface area contributed by atoms with E-state index in [4.69, 9.17) is 37.9 Å². The van der Waals surface area contributed by atoms with E-state index in [1.165, 1.54) is 64.5 Å². The highest BCUT2D eigenvalue weighted by Crippen LogP contribution is 2.55. The maximum atomic E-state index is 14.2. The number of ether oxygens (including phenoxy) is 8. The average Bonchev–Trinajstić information content (AvgIpc) is 4.21. The second kappa shape index (κ2) is 19.0. The maximum absolute atomic E-state index is 14.2. The first-order chi connectivity index (χ1) is 37.6. The lowest BCUT2D eigenvalue weighted by atomic mass is 9.72. The molecule has 4 saturated heterocycles. The van der Waals surface area contributed by atoms with E-state index in [0.717, 1.165) is 0 Å². The number of fused-ring (bicyclic) bond motifs is 8. The van der Waals surface area contributed by atoms with E-state index in [-0.39, 0.29) is 101 Å². The van der Waals surface area contributed by atoms with Crippen LogP contribution < -0.4 is 9.47 Å². The SMILES string of the molecule is COc1cccc2c1C(=O)c1c(O)c3c(c(O)c1C2=O)C[C@@](O)(C(C)=O)C[C@@H]3O[C@H]1C[C@H]2[C@H](OCN2CN2CO[C@@H]3[C@H](C)O[C@@H](O[C@H]4C[C@](O)(C(C)=O)Cc5c(O)c6c(c(O)c54)C(=O)c4c(OC)cccc4C6=O)C[C@@H]32)[C@H](C)O1. The normalized spacial score (nSPS) is 31.7. The number of benzene rings is 4. The van der Waals surface area contributed by atoms with Crippen LogP contribution in [0.4, 0.5) is 0 Å². The maximum Gasteiger partial charge on any atom is 0.202 e. The Morgan fingerprint density at radius 2 is 0.962 bits per heavy atom. The monoisotopic (exact) mass is 1090 g/mol. The molecule has 0 radical (unpaired) electrons. The zero-order valence-electron chi connectivity index (χ0n) is 43.9. The van der Waals surface area contributed by atoms with Gasteiger partial charge >= 0.3 is 0 Å². The lowest BCUT2D eigenvalue weighted by Crippen LogP contribution is -2.55. The Kier molecular flexibility index (Phi) is 12.7. The van der Waals surface area contributed by atoms with Crippen LogP contribution in [0.2, 0.25) is 0 Å². The third kappa shape index (κ3) is 7.97. The zero-order valence-corrected chi connectivity index (χ0v) is 43.9. The van der Waals surface area contributed by atoms with E-state index in [2.05, 4.69) is 9.80 Å². The molecular weight excluding hydrogens is 1030 g/mol. The lowest BCUT2D eigenvalue weighted by Gasteiger charge is -2.44. The molecule has 22 heteroatoms. The molecule has 4 aromatic carbocycles. The number of ketones is 6. The van der Waals surface area contributed by atoms with E-state index in [0.29, 0.717) is 0 Å². The molecule has 0 bridgehead atoms. The van der Waals surface area contributed by atoms with Gasteiger partial charge in [0.05, 0.1) is 78.7 Å². The van der Waals surface area contributed by atoms with Crippen LogP contribution in [0.15, 0.2) is 36.4 Å². The summed E-state index contributed by atoms with van der Waals surface area (Å²) in [6.07, 6.45) is -8.33. The van der Waals surface area contributed by atoms with Gasteiger partial charge in [0.1, 0.15) is 71.4 Å². The fourth-order valence-corrected chi connectivity index (χ4v) is 13.5. The van der Waals surface area contributed by atoms with Gasteiger partial charge in [-0.3, -0.25) is 38.6 Å². The number of phenolic OH excluding ortho intramolecular Hbond substituents is 4. The molecule has 6 N–H and O–H groups in total. The number of rotatable bonds is 10. The Morgan fingerprint density at radius 3 is 1.33 bits per heavy atom. The molecule has 0 aromatic heterocycles. The number of aliphatic hydroxyl groups is 2. The number of Topliss-reactive ketones (excluding diaryl/α,β-unsaturated/α-hetero) is 2. The highest BCUT2D eigenvalue weighted by molar-refractivity contribution is 6.32. The Morgan fingerprint density at radius 1 is 0.582 bits per heavy atom. The van der Waals surface area contributed by atoms with Crippen molar-refractivity contribution in [2.75, 3.05) is 34.3 Å². The van der Waals surface area contributed by atoms with Gasteiger partial charge in [0.25, 0.3) is 0 Å². The van der Waals surface area contributed by atoms with Crippen LogP contribution in [-0.4, -0.2) is 170 Å². The van der Waals surface area contributed by atoms with E-state index < -0.39 is 166 Å². The van der Waals surface area contributed by atoms with Gasteiger partial charge < -0.3 is 68.5 Å². The molecule has 4 aliphatic heterocycles. The molecule has 0 unspecified atom stereocenters. The molecule has 0 saturated carbocycles. The smallest absolute Gasteiger partial charge is 0.202 e. The molecule has 416 valence electrons. The Hall–Kier alpha value is -6.70. The van der Waals surface area contributed by atoms with Crippen molar-refractivity contribution < 1.29 is 97.3 Å². The van der Waals surface area contributed by atoms with Crippen molar-refractivity contribution in [3.8, 4) is 34.5 Å². The van der Waals surface area contributed by atoms with Crippen LogP contribution in [0.1, 0.15) is 152 Å². The molecule has 0 spiro atoms. The highest BCUT2D eigenvalue weighted by Gasteiger charge is 2.55. The van der Waals surface area contributed by atoms with E-state index >= 15 is 0 Å². The fraction of sp³-hybridized carbons (Fsp3) is 0.474. The topological polar surface area (TPSA) is 304 Å². The summed E-state index contributed by atoms with van der Waals surface area (Å²) in [5, 5.41) is 71.6. The molecule has 79 heavy (non-hydrogen) atoms. The average molecular weight is 1090 g/mol. The van der Waals surface area contributed by atoms with Crippen LogP contribution in [0.25, 0.3) is 0 Å². The number of carbonyl (C=O) groups is 6. The summed E-state index contributed by atoms with van der Waals surface area (Å²) in [5.74, 6) is -6.86. The standard InChI is InChI=1S/C57H58N2O20/c1-22-54-30(13-36(76-22)78-34-17-56(70,24(3)60)15-28-40(34)52(68)44-42(48(28)64)46(62)26-9-7-11-32(72-5)38(26)50(44)66)58(20-74-54)19-59-21-75-55-23(2)77-37(14-31(55)59)79-35-18-57(71,25(4)61)16-29-41(35)53(69)45-43(49(29)65)47(63)27-10-8-12-33(73-6)39(27)51(45)67/h7-12,22-23,30-31,34-37,54-55,64-65,68-71H,13-21H2,1-6H3/t22-,23-,30-,31-,34-,35-,36-,37-,54+,55+,56-,57-/m0/s1. The minimum absolute atomic E-state index is 0.0554. The predicted molar refractivity (Wildman–Crippen MR) is 268 cm³/mol. The molecule has 12 rings (SSSR count). The van der Waals surface area contributed by atoms with Crippen molar-refractivity contribution in [1.82, 2.24) is 9.80 Å². The minimum atomic E-state index is -2.11. The van der Waals surface area contributed by atoms with Crippen LogP contribution in [0.3, 0.4) is 0 Å². The highest BCUT2D eigenvalue weighted by atomic mass is 16.7.